The number of pyridine rings is 2. The molecule has 2 saturated heterocycles. The molecule has 1 aromatic carbocycles. The third-order valence-electron chi connectivity index (χ3n) is 6.67. The van der Waals surface area contributed by atoms with E-state index in [1.165, 1.54) is 0 Å². The number of anilines is 2. The van der Waals surface area contributed by atoms with Crippen LogP contribution < -0.4 is 9.80 Å². The second-order valence-electron chi connectivity index (χ2n) is 8.92. The molecule has 2 aromatic heterocycles. The van der Waals surface area contributed by atoms with Crippen LogP contribution in [0.5, 0.6) is 0 Å². The Bertz CT molecular complexity index is 1140. The lowest BCUT2D eigenvalue weighted by Gasteiger charge is -2.36. The number of ether oxygens (including phenoxy) is 2. The summed E-state index contributed by atoms with van der Waals surface area (Å²) in [6, 6.07) is 16.9. The summed E-state index contributed by atoms with van der Waals surface area (Å²) in [4.78, 5) is 28.8. The normalized spacial score (nSPS) is 17.1. The smallest absolute Gasteiger partial charge is 0.307 e. The van der Waals surface area contributed by atoms with Crippen LogP contribution in [-0.2, 0) is 14.3 Å². The van der Waals surface area contributed by atoms with Crippen molar-refractivity contribution in [3.8, 4) is 11.1 Å². The predicted octanol–water partition coefficient (Wildman–Crippen LogP) is 3.21. The largest absolute Gasteiger partial charge is 0.466 e. The maximum absolute atomic E-state index is 11.8. The first-order valence-corrected chi connectivity index (χ1v) is 12.5. The molecule has 2 aliphatic heterocycles. The Balaban J connectivity index is 1.40. The number of carbonyl (C=O) groups is 1. The summed E-state index contributed by atoms with van der Waals surface area (Å²) in [5.74, 6) is 1.80. The number of esters is 1. The van der Waals surface area contributed by atoms with Gasteiger partial charge in [-0.2, -0.15) is 0 Å². The van der Waals surface area contributed by atoms with Crippen molar-refractivity contribution in [2.45, 2.75) is 13.3 Å². The van der Waals surface area contributed by atoms with Crippen LogP contribution in [0.1, 0.15) is 13.3 Å². The predicted molar refractivity (Wildman–Crippen MR) is 138 cm³/mol. The highest BCUT2D eigenvalue weighted by Crippen LogP contribution is 2.33. The van der Waals surface area contributed by atoms with Crippen LogP contribution in [0.3, 0.4) is 0 Å². The van der Waals surface area contributed by atoms with Crippen LogP contribution >= 0.6 is 0 Å². The molecule has 0 amide bonds. The second kappa shape index (κ2) is 11.0. The highest BCUT2D eigenvalue weighted by atomic mass is 16.5. The molecule has 184 valence electrons. The van der Waals surface area contributed by atoms with Crippen LogP contribution in [-0.4, -0.2) is 86.5 Å². The maximum Gasteiger partial charge on any atom is 0.307 e. The maximum atomic E-state index is 11.8. The molecule has 0 bridgehead atoms. The molecule has 0 atom stereocenters. The molecular weight excluding hydrogens is 442 g/mol. The van der Waals surface area contributed by atoms with Gasteiger partial charge in [-0.25, -0.2) is 9.97 Å². The fourth-order valence-corrected chi connectivity index (χ4v) is 4.74. The standard InChI is InChI=1S/C27H33N5O3/c1-2-35-25(33)10-11-30-12-14-32(15-13-30)27-23(21-6-4-3-5-7-21)20-22-8-9-24(28-26(22)29-27)31-16-18-34-19-17-31/h3-9,20H,2,10-19H2,1H3. The van der Waals surface area contributed by atoms with Crippen molar-refractivity contribution in [1.29, 1.82) is 0 Å². The summed E-state index contributed by atoms with van der Waals surface area (Å²) in [6.07, 6.45) is 0.436. The quantitative estimate of drug-likeness (QED) is 0.483. The lowest BCUT2D eigenvalue weighted by molar-refractivity contribution is -0.143. The van der Waals surface area contributed by atoms with Gasteiger partial charge in [-0.1, -0.05) is 30.3 Å². The van der Waals surface area contributed by atoms with Crippen molar-refractivity contribution in [3.05, 3.63) is 48.5 Å². The summed E-state index contributed by atoms with van der Waals surface area (Å²) in [6.45, 7) is 9.63. The Labute approximate surface area is 206 Å². The molecular formula is C27H33N5O3. The SMILES string of the molecule is CCOC(=O)CCN1CCN(c2nc3nc(N4CCOCC4)ccc3cc2-c2ccccc2)CC1. The molecule has 0 spiro atoms. The second-order valence-corrected chi connectivity index (χ2v) is 8.92. The summed E-state index contributed by atoms with van der Waals surface area (Å²) in [5.41, 5.74) is 3.05. The molecule has 8 nitrogen and oxygen atoms in total. The molecule has 4 heterocycles. The average molecular weight is 476 g/mol. The first kappa shape index (κ1) is 23.5. The first-order valence-electron chi connectivity index (χ1n) is 12.5. The van der Waals surface area contributed by atoms with Gasteiger partial charge in [0.1, 0.15) is 11.6 Å². The van der Waals surface area contributed by atoms with Crippen molar-refractivity contribution < 1.29 is 14.3 Å². The summed E-state index contributed by atoms with van der Waals surface area (Å²) < 4.78 is 10.6. The third kappa shape index (κ3) is 5.55. The summed E-state index contributed by atoms with van der Waals surface area (Å²) in [7, 11) is 0. The van der Waals surface area contributed by atoms with E-state index >= 15 is 0 Å². The van der Waals surface area contributed by atoms with Crippen molar-refractivity contribution in [3.63, 3.8) is 0 Å². The highest BCUT2D eigenvalue weighted by molar-refractivity contribution is 5.88. The summed E-state index contributed by atoms with van der Waals surface area (Å²) in [5, 5.41) is 1.04. The van der Waals surface area contributed by atoms with Gasteiger partial charge >= 0.3 is 5.97 Å². The minimum atomic E-state index is -0.125. The Hall–Kier alpha value is -3.23. The molecule has 3 aromatic rings. The number of carbonyl (C=O) groups excluding carboxylic acids is 1. The van der Waals surface area contributed by atoms with E-state index in [0.717, 1.165) is 92.8 Å². The number of piperazine rings is 1. The average Bonchev–Trinajstić information content (AvgIpc) is 2.92. The van der Waals surface area contributed by atoms with E-state index in [4.69, 9.17) is 19.4 Å². The Morgan fingerprint density at radius 1 is 0.943 bits per heavy atom. The fraction of sp³-hybridized carbons (Fsp3) is 0.444. The van der Waals surface area contributed by atoms with Crippen LogP contribution in [0.25, 0.3) is 22.2 Å². The van der Waals surface area contributed by atoms with Crippen LogP contribution in [0, 0.1) is 0 Å². The van der Waals surface area contributed by atoms with E-state index in [1.807, 2.05) is 13.0 Å². The van der Waals surface area contributed by atoms with Gasteiger partial charge in [0, 0.05) is 56.8 Å². The van der Waals surface area contributed by atoms with E-state index in [2.05, 4.69) is 57.2 Å². The molecule has 8 heteroatoms. The lowest BCUT2D eigenvalue weighted by Crippen LogP contribution is -2.47. The molecule has 0 aliphatic carbocycles. The number of morpholine rings is 1. The number of rotatable bonds is 7. The van der Waals surface area contributed by atoms with Crippen LogP contribution in [0.2, 0.25) is 0 Å². The van der Waals surface area contributed by atoms with Crippen LogP contribution in [0.15, 0.2) is 48.5 Å². The van der Waals surface area contributed by atoms with Crippen molar-refractivity contribution in [1.82, 2.24) is 14.9 Å². The van der Waals surface area contributed by atoms with Crippen LogP contribution in [0.4, 0.5) is 11.6 Å². The molecule has 0 radical (unpaired) electrons. The molecule has 0 unspecified atom stereocenters. The van der Waals surface area contributed by atoms with E-state index in [1.54, 1.807) is 0 Å². The molecule has 0 saturated carbocycles. The van der Waals surface area contributed by atoms with Crippen molar-refractivity contribution >= 4 is 28.6 Å². The summed E-state index contributed by atoms with van der Waals surface area (Å²) >= 11 is 0. The van der Waals surface area contributed by atoms with Gasteiger partial charge in [-0.15, -0.1) is 0 Å². The number of hydrogen-bond donors (Lipinski definition) is 0. The minimum Gasteiger partial charge on any atom is -0.466 e. The van der Waals surface area contributed by atoms with Crippen molar-refractivity contribution in [2.24, 2.45) is 0 Å². The Morgan fingerprint density at radius 2 is 1.71 bits per heavy atom. The van der Waals surface area contributed by atoms with E-state index in [0.29, 0.717) is 13.0 Å². The number of fused-ring (bicyclic) bond motifs is 1. The van der Waals surface area contributed by atoms with Gasteiger partial charge in [0.05, 0.1) is 26.2 Å². The van der Waals surface area contributed by atoms with Gasteiger partial charge in [0.15, 0.2) is 5.65 Å². The lowest BCUT2D eigenvalue weighted by atomic mass is 10.0. The highest BCUT2D eigenvalue weighted by Gasteiger charge is 2.23. The van der Waals surface area contributed by atoms with Gasteiger partial charge in [0.25, 0.3) is 0 Å². The van der Waals surface area contributed by atoms with E-state index in [-0.39, 0.29) is 5.97 Å². The molecule has 5 rings (SSSR count). The van der Waals surface area contributed by atoms with E-state index in [9.17, 15) is 4.79 Å². The van der Waals surface area contributed by atoms with Gasteiger partial charge < -0.3 is 19.3 Å². The molecule has 2 aliphatic rings. The Kier molecular flexibility index (Phi) is 7.39. The number of hydrogen-bond acceptors (Lipinski definition) is 8. The van der Waals surface area contributed by atoms with Gasteiger partial charge in [-0.05, 0) is 30.7 Å². The number of benzene rings is 1. The molecule has 2 fully saturated rings. The van der Waals surface area contributed by atoms with Gasteiger partial charge in [-0.3, -0.25) is 9.69 Å². The fourth-order valence-electron chi connectivity index (χ4n) is 4.74. The number of nitrogens with zero attached hydrogens (tertiary/aromatic N) is 5. The third-order valence-corrected chi connectivity index (χ3v) is 6.67. The van der Waals surface area contributed by atoms with Crippen molar-refractivity contribution in [2.75, 3.05) is 75.4 Å². The molecule has 0 N–H and O–H groups in total. The Morgan fingerprint density at radius 3 is 2.46 bits per heavy atom. The zero-order valence-electron chi connectivity index (χ0n) is 20.4. The topological polar surface area (TPSA) is 71.0 Å². The molecule has 35 heavy (non-hydrogen) atoms. The van der Waals surface area contributed by atoms with Gasteiger partial charge in [0.2, 0.25) is 0 Å². The monoisotopic (exact) mass is 475 g/mol. The first-order chi connectivity index (χ1) is 17.2. The zero-order chi connectivity index (χ0) is 24.0. The number of aromatic nitrogens is 2. The minimum absolute atomic E-state index is 0.125. The zero-order valence-corrected chi connectivity index (χ0v) is 20.4. The van der Waals surface area contributed by atoms with E-state index < -0.39 is 0 Å².